The highest BCUT2D eigenvalue weighted by molar-refractivity contribution is 7.86. The fraction of sp³-hybridized carbons (Fsp3) is 0.368. The summed E-state index contributed by atoms with van der Waals surface area (Å²) in [4.78, 5) is 0.149. The Bertz CT molecular complexity index is 1360. The molecule has 4 aromatic rings. The molecule has 0 unspecified atom stereocenters. The maximum absolute atomic E-state index is 14.1. The Kier molecular flexibility index (Phi) is 11.2. The van der Waals surface area contributed by atoms with Crippen LogP contribution in [-0.2, 0) is 39.2 Å². The minimum Gasteiger partial charge on any atom is -0.245 e. The zero-order valence-electron chi connectivity index (χ0n) is 25.7. The van der Waals surface area contributed by atoms with Crippen LogP contribution >= 0.6 is 0 Å². The second kappa shape index (κ2) is 14.8. The molecule has 0 fully saturated rings. The predicted molar refractivity (Wildman–Crippen MR) is 174 cm³/mol. The van der Waals surface area contributed by atoms with Gasteiger partial charge < -0.3 is 0 Å². The summed E-state index contributed by atoms with van der Waals surface area (Å²) in [5.41, 5.74) is 5.72. The number of rotatable bonds is 15. The average Bonchev–Trinajstić information content (AvgIpc) is 3.01. The summed E-state index contributed by atoms with van der Waals surface area (Å²) in [5, 5.41) is 0. The van der Waals surface area contributed by atoms with Gasteiger partial charge in [-0.3, -0.25) is 0 Å². The monoisotopic (exact) mass is 582 g/mol. The van der Waals surface area contributed by atoms with Gasteiger partial charge in [-0.05, 0) is 91.0 Å². The third kappa shape index (κ3) is 7.59. The third-order valence-electron chi connectivity index (χ3n) is 8.08. The summed E-state index contributed by atoms with van der Waals surface area (Å²) in [6, 6.07) is 31.9. The molecule has 222 valence electrons. The minimum absolute atomic E-state index is 0.149. The molecule has 4 aromatic carbocycles. The Morgan fingerprint density at radius 2 is 0.857 bits per heavy atom. The van der Waals surface area contributed by atoms with Crippen molar-refractivity contribution >= 4 is 10.1 Å². The normalized spacial score (nSPS) is 12.0. The predicted octanol–water partition coefficient (Wildman–Crippen LogP) is 9.72. The van der Waals surface area contributed by atoms with Crippen LogP contribution in [0.15, 0.2) is 102 Å². The smallest absolute Gasteiger partial charge is 0.245 e. The maximum atomic E-state index is 14.1. The highest BCUT2D eigenvalue weighted by Crippen LogP contribution is 2.43. The van der Waals surface area contributed by atoms with E-state index in [1.54, 1.807) is 12.1 Å². The zero-order chi connectivity index (χ0) is 30.0. The van der Waals surface area contributed by atoms with Crippen molar-refractivity contribution in [1.82, 2.24) is 0 Å². The van der Waals surface area contributed by atoms with Crippen molar-refractivity contribution in [1.29, 1.82) is 0 Å². The second-order valence-corrected chi connectivity index (χ2v) is 13.0. The van der Waals surface area contributed by atoms with Gasteiger partial charge in [-0.25, -0.2) is 4.18 Å². The van der Waals surface area contributed by atoms with Crippen LogP contribution in [-0.4, -0.2) is 8.42 Å². The molecule has 4 heteroatoms. The molecule has 0 spiro atoms. The Labute approximate surface area is 254 Å². The molecule has 0 aliphatic carbocycles. The lowest BCUT2D eigenvalue weighted by atomic mass is 9.79. The summed E-state index contributed by atoms with van der Waals surface area (Å²) in [7, 11) is -4.15. The quantitative estimate of drug-likeness (QED) is 0.103. The van der Waals surface area contributed by atoms with Crippen LogP contribution in [0.2, 0.25) is 0 Å². The highest BCUT2D eigenvalue weighted by atomic mass is 32.2. The first-order chi connectivity index (χ1) is 20.3. The van der Waals surface area contributed by atoms with Crippen LogP contribution in [0.1, 0.15) is 98.2 Å². The molecule has 0 heterocycles. The van der Waals surface area contributed by atoms with Gasteiger partial charge >= 0.3 is 0 Å². The summed E-state index contributed by atoms with van der Waals surface area (Å²) in [6.45, 7) is 8.52. The first-order valence-electron chi connectivity index (χ1n) is 15.6. The lowest BCUT2D eigenvalue weighted by Gasteiger charge is -2.35. The van der Waals surface area contributed by atoms with Crippen LogP contribution < -0.4 is 0 Å². The average molecular weight is 583 g/mol. The van der Waals surface area contributed by atoms with E-state index in [0.717, 1.165) is 80.0 Å². The highest BCUT2D eigenvalue weighted by Gasteiger charge is 2.43. The summed E-state index contributed by atoms with van der Waals surface area (Å²) in [5.74, 6) is 0. The second-order valence-electron chi connectivity index (χ2n) is 11.4. The third-order valence-corrected chi connectivity index (χ3v) is 9.40. The molecule has 0 aliphatic heterocycles. The molecule has 0 saturated heterocycles. The topological polar surface area (TPSA) is 43.4 Å². The van der Waals surface area contributed by atoms with Gasteiger partial charge in [0.2, 0.25) is 0 Å². The van der Waals surface area contributed by atoms with Crippen molar-refractivity contribution in [2.24, 2.45) is 0 Å². The Balaban J connectivity index is 1.93. The lowest BCUT2D eigenvalue weighted by Crippen LogP contribution is -2.35. The number of benzene rings is 4. The van der Waals surface area contributed by atoms with E-state index < -0.39 is 15.7 Å². The van der Waals surface area contributed by atoms with E-state index in [1.165, 1.54) is 16.7 Å². The Morgan fingerprint density at radius 1 is 0.524 bits per heavy atom. The molecule has 42 heavy (non-hydrogen) atoms. The van der Waals surface area contributed by atoms with Gasteiger partial charge in [0, 0.05) is 0 Å². The largest absolute Gasteiger partial charge is 0.298 e. The van der Waals surface area contributed by atoms with Crippen LogP contribution in [0, 0.1) is 6.92 Å². The van der Waals surface area contributed by atoms with Gasteiger partial charge in [0.05, 0.1) is 4.90 Å². The van der Waals surface area contributed by atoms with Crippen LogP contribution in [0.5, 0.6) is 0 Å². The van der Waals surface area contributed by atoms with Gasteiger partial charge in [0.1, 0.15) is 0 Å². The van der Waals surface area contributed by atoms with Crippen LogP contribution in [0.4, 0.5) is 0 Å². The van der Waals surface area contributed by atoms with Gasteiger partial charge in [0.25, 0.3) is 10.1 Å². The number of hydrogen-bond donors (Lipinski definition) is 0. The molecule has 0 saturated carbocycles. The molecule has 3 nitrogen and oxygen atoms in total. The maximum Gasteiger partial charge on any atom is 0.298 e. The standard InChI is InChI=1S/C38H46O3S/c1-5-8-11-31-16-22-34(23-17-31)38(35-24-18-32(19-25-35)12-9-6-2,36-26-20-33(21-27-36)13-10-7-3)41-42(39,40)37-28-14-30(4)15-29-37/h14-29H,5-13H2,1-4H3. The fourth-order valence-corrected chi connectivity index (χ4v) is 6.61. The molecule has 0 atom stereocenters. The van der Waals surface area contributed by atoms with Gasteiger partial charge in [-0.2, -0.15) is 8.42 Å². The first kappa shape index (κ1) is 31.7. The van der Waals surface area contributed by atoms with Crippen LogP contribution in [0.25, 0.3) is 0 Å². The molecule has 0 aliphatic rings. The van der Waals surface area contributed by atoms with E-state index in [4.69, 9.17) is 4.18 Å². The molecule has 4 rings (SSSR count). The van der Waals surface area contributed by atoms with E-state index in [2.05, 4.69) is 57.2 Å². The summed E-state index contributed by atoms with van der Waals surface area (Å²) >= 11 is 0. The van der Waals surface area contributed by atoms with E-state index in [-0.39, 0.29) is 4.90 Å². The lowest BCUT2D eigenvalue weighted by molar-refractivity contribution is 0.164. The van der Waals surface area contributed by atoms with E-state index in [9.17, 15) is 8.42 Å². The fourth-order valence-electron chi connectivity index (χ4n) is 5.42. The van der Waals surface area contributed by atoms with Gasteiger partial charge in [0.15, 0.2) is 5.60 Å². The molecule has 0 bridgehead atoms. The number of unbranched alkanes of at least 4 members (excludes halogenated alkanes) is 3. The van der Waals surface area contributed by atoms with Crippen molar-refractivity contribution in [2.75, 3.05) is 0 Å². The molecule has 0 aromatic heterocycles. The molecular formula is C38H46O3S. The molecule has 0 radical (unpaired) electrons. The number of aryl methyl sites for hydroxylation is 4. The molecule has 0 N–H and O–H groups in total. The van der Waals surface area contributed by atoms with Crippen molar-refractivity contribution in [3.8, 4) is 0 Å². The van der Waals surface area contributed by atoms with E-state index >= 15 is 0 Å². The number of hydrogen-bond acceptors (Lipinski definition) is 3. The first-order valence-corrected chi connectivity index (χ1v) is 17.0. The van der Waals surface area contributed by atoms with Crippen molar-refractivity contribution < 1.29 is 12.6 Å². The zero-order valence-corrected chi connectivity index (χ0v) is 26.6. The van der Waals surface area contributed by atoms with Gasteiger partial charge in [-0.1, -0.05) is 131 Å². The summed E-state index contributed by atoms with van der Waals surface area (Å²) in [6.07, 6.45) is 9.68. The van der Waals surface area contributed by atoms with Crippen molar-refractivity contribution in [2.45, 2.75) is 96.0 Å². The molecule has 0 amide bonds. The van der Waals surface area contributed by atoms with E-state index in [0.29, 0.717) is 0 Å². The van der Waals surface area contributed by atoms with Gasteiger partial charge in [-0.15, -0.1) is 0 Å². The minimum atomic E-state index is -4.15. The Hall–Kier alpha value is -3.21. The van der Waals surface area contributed by atoms with E-state index in [1.807, 2.05) is 55.5 Å². The molecular weight excluding hydrogens is 536 g/mol. The van der Waals surface area contributed by atoms with Crippen molar-refractivity contribution in [3.63, 3.8) is 0 Å². The Morgan fingerprint density at radius 3 is 1.17 bits per heavy atom. The SMILES string of the molecule is CCCCc1ccc(C(OS(=O)(=O)c2ccc(C)cc2)(c2ccc(CCCC)cc2)c2ccc(CCCC)cc2)cc1. The summed E-state index contributed by atoms with van der Waals surface area (Å²) < 4.78 is 34.7. The van der Waals surface area contributed by atoms with Crippen molar-refractivity contribution in [3.05, 3.63) is 136 Å². The van der Waals surface area contributed by atoms with Crippen LogP contribution in [0.3, 0.4) is 0 Å².